The molecule has 0 saturated heterocycles. The predicted octanol–water partition coefficient (Wildman–Crippen LogP) is 5.67. The van der Waals surface area contributed by atoms with E-state index < -0.39 is 29.6 Å². The van der Waals surface area contributed by atoms with Crippen molar-refractivity contribution < 1.29 is 27.5 Å². The minimum absolute atomic E-state index is 0.0798. The van der Waals surface area contributed by atoms with Gasteiger partial charge in [-0.2, -0.15) is 13.2 Å². The van der Waals surface area contributed by atoms with Gasteiger partial charge in [0.05, 0.1) is 5.56 Å². The highest BCUT2D eigenvalue weighted by molar-refractivity contribution is 5.97. The second-order valence-corrected chi connectivity index (χ2v) is 7.98. The fourth-order valence-corrected chi connectivity index (χ4v) is 3.31. The Morgan fingerprint density at radius 3 is 2.09 bits per heavy atom. The van der Waals surface area contributed by atoms with E-state index >= 15 is 0 Å². The van der Waals surface area contributed by atoms with E-state index in [2.05, 4.69) is 4.98 Å². The zero-order valence-corrected chi connectivity index (χ0v) is 18.2. The highest BCUT2D eigenvalue weighted by Crippen LogP contribution is 2.29. The van der Waals surface area contributed by atoms with E-state index in [1.807, 2.05) is 26.0 Å². The number of carbonyl (C=O) groups is 1. The maximum Gasteiger partial charge on any atom is 0.417 e. The van der Waals surface area contributed by atoms with E-state index in [1.165, 1.54) is 23.1 Å². The van der Waals surface area contributed by atoms with Crippen molar-refractivity contribution in [3.8, 4) is 0 Å². The number of benzene rings is 2. The van der Waals surface area contributed by atoms with Crippen LogP contribution in [-0.4, -0.2) is 22.5 Å². The van der Waals surface area contributed by atoms with Crippen LogP contribution in [0.4, 0.5) is 23.2 Å². The topological polar surface area (TPSA) is 53.4 Å². The lowest BCUT2D eigenvalue weighted by Crippen LogP contribution is -2.37. The number of amides is 1. The summed E-state index contributed by atoms with van der Waals surface area (Å²) in [5.41, 5.74) is 1.34. The van der Waals surface area contributed by atoms with Crippen molar-refractivity contribution in [2.24, 2.45) is 0 Å². The number of nitrogens with zero attached hydrogens (tertiary/aromatic N) is 2. The number of hydrogen-bond acceptors (Lipinski definition) is 3. The van der Waals surface area contributed by atoms with Gasteiger partial charge in [0.1, 0.15) is 5.82 Å². The number of aliphatic hydroxyl groups is 1. The van der Waals surface area contributed by atoms with Crippen molar-refractivity contribution >= 4 is 11.6 Å². The lowest BCUT2D eigenvalue weighted by atomic mass is 10.0. The highest BCUT2D eigenvalue weighted by atomic mass is 19.4. The number of alkyl halides is 3. The molecule has 1 aromatic heterocycles. The quantitative estimate of drug-likeness (QED) is 0.462. The van der Waals surface area contributed by atoms with Gasteiger partial charge in [0.15, 0.2) is 6.10 Å². The first-order chi connectivity index (χ1) is 15.6. The van der Waals surface area contributed by atoms with Gasteiger partial charge in [0.2, 0.25) is 0 Å². The number of aliphatic hydroxyl groups excluding tert-OH is 1. The molecule has 3 aromatic rings. The van der Waals surface area contributed by atoms with Crippen molar-refractivity contribution in [3.05, 3.63) is 95.1 Å². The molecule has 8 heteroatoms. The molecule has 0 aliphatic carbocycles. The Kier molecular flexibility index (Phi) is 7.48. The Hall–Kier alpha value is -3.26. The van der Waals surface area contributed by atoms with E-state index in [0.717, 1.165) is 30.0 Å². The number of pyridine rings is 1. The van der Waals surface area contributed by atoms with Crippen LogP contribution >= 0.6 is 0 Å². The standard InChI is InChI=1S/C25H24F4N2O2/c1-16(2)17-5-11-22(12-6-17)31(24(33)23(32)18-3-8-20(26)9-4-18)14-13-21-10-7-19(15-30-21)25(27,28)29/h3-12,15-16,23,32H,13-14H2,1-2H3. The van der Waals surface area contributed by atoms with E-state index in [1.54, 1.807) is 12.1 Å². The van der Waals surface area contributed by atoms with Gasteiger partial charge in [0, 0.05) is 30.5 Å². The van der Waals surface area contributed by atoms with Crippen LogP contribution in [0.1, 0.15) is 48.3 Å². The molecule has 2 aromatic carbocycles. The number of aromatic nitrogens is 1. The average molecular weight is 460 g/mol. The SMILES string of the molecule is CC(C)c1ccc(N(CCc2ccc(C(F)(F)F)cn2)C(=O)C(O)c2ccc(F)cc2)cc1. The molecule has 0 spiro atoms. The summed E-state index contributed by atoms with van der Waals surface area (Å²) in [6.07, 6.45) is -5.08. The van der Waals surface area contributed by atoms with Gasteiger partial charge in [-0.15, -0.1) is 0 Å². The average Bonchev–Trinajstić information content (AvgIpc) is 2.79. The summed E-state index contributed by atoms with van der Waals surface area (Å²) in [4.78, 5) is 18.4. The Morgan fingerprint density at radius 2 is 1.58 bits per heavy atom. The zero-order chi connectivity index (χ0) is 24.2. The van der Waals surface area contributed by atoms with Crippen LogP contribution in [0.15, 0.2) is 66.9 Å². The van der Waals surface area contributed by atoms with Gasteiger partial charge in [-0.3, -0.25) is 9.78 Å². The van der Waals surface area contributed by atoms with E-state index in [0.29, 0.717) is 11.4 Å². The summed E-state index contributed by atoms with van der Waals surface area (Å²) in [5, 5.41) is 10.6. The van der Waals surface area contributed by atoms with E-state index in [4.69, 9.17) is 0 Å². The first kappa shape index (κ1) is 24.4. The summed E-state index contributed by atoms with van der Waals surface area (Å²) in [5.74, 6) is -0.844. The number of anilines is 1. The first-order valence-electron chi connectivity index (χ1n) is 10.4. The van der Waals surface area contributed by atoms with Crippen LogP contribution in [0.5, 0.6) is 0 Å². The molecule has 33 heavy (non-hydrogen) atoms. The van der Waals surface area contributed by atoms with Crippen molar-refractivity contribution in [2.45, 2.75) is 38.5 Å². The lowest BCUT2D eigenvalue weighted by Gasteiger charge is -2.26. The minimum atomic E-state index is -4.48. The summed E-state index contributed by atoms with van der Waals surface area (Å²) in [6.45, 7) is 4.15. The van der Waals surface area contributed by atoms with Gasteiger partial charge in [-0.1, -0.05) is 38.1 Å². The Labute approximate surface area is 189 Å². The smallest absolute Gasteiger partial charge is 0.378 e. The largest absolute Gasteiger partial charge is 0.417 e. The molecule has 1 atom stereocenters. The molecular weight excluding hydrogens is 436 g/mol. The summed E-state index contributed by atoms with van der Waals surface area (Å²) in [6, 6.07) is 14.4. The number of rotatable bonds is 7. The van der Waals surface area contributed by atoms with Gasteiger partial charge in [-0.25, -0.2) is 4.39 Å². The van der Waals surface area contributed by atoms with Crippen LogP contribution in [0.2, 0.25) is 0 Å². The van der Waals surface area contributed by atoms with Gasteiger partial charge in [0.25, 0.3) is 5.91 Å². The fraction of sp³-hybridized carbons (Fsp3) is 0.280. The molecule has 4 nitrogen and oxygen atoms in total. The molecule has 0 fully saturated rings. The van der Waals surface area contributed by atoms with Crippen LogP contribution in [0, 0.1) is 5.82 Å². The maximum absolute atomic E-state index is 13.2. The monoisotopic (exact) mass is 460 g/mol. The van der Waals surface area contributed by atoms with Crippen LogP contribution < -0.4 is 4.90 Å². The summed E-state index contributed by atoms with van der Waals surface area (Å²) >= 11 is 0. The zero-order valence-electron chi connectivity index (χ0n) is 18.2. The van der Waals surface area contributed by atoms with Crippen LogP contribution in [0.3, 0.4) is 0 Å². The van der Waals surface area contributed by atoms with Crippen molar-refractivity contribution in [1.29, 1.82) is 0 Å². The Bertz CT molecular complexity index is 1060. The third kappa shape index (κ3) is 6.16. The van der Waals surface area contributed by atoms with Crippen LogP contribution in [-0.2, 0) is 17.4 Å². The molecule has 0 saturated carbocycles. The van der Waals surface area contributed by atoms with Crippen molar-refractivity contribution in [1.82, 2.24) is 4.98 Å². The molecule has 1 unspecified atom stereocenters. The number of hydrogen-bond donors (Lipinski definition) is 1. The molecule has 1 N–H and O–H groups in total. The number of carbonyl (C=O) groups excluding carboxylic acids is 1. The molecule has 0 aliphatic heterocycles. The second-order valence-electron chi connectivity index (χ2n) is 7.98. The molecule has 1 amide bonds. The van der Waals surface area contributed by atoms with E-state index in [-0.39, 0.29) is 24.4 Å². The Morgan fingerprint density at radius 1 is 0.970 bits per heavy atom. The molecule has 0 aliphatic rings. The maximum atomic E-state index is 13.2. The predicted molar refractivity (Wildman–Crippen MR) is 117 cm³/mol. The molecule has 1 heterocycles. The molecule has 0 bridgehead atoms. The first-order valence-corrected chi connectivity index (χ1v) is 10.4. The highest BCUT2D eigenvalue weighted by Gasteiger charge is 2.31. The Balaban J connectivity index is 1.84. The van der Waals surface area contributed by atoms with Gasteiger partial charge < -0.3 is 10.0 Å². The molecule has 174 valence electrons. The van der Waals surface area contributed by atoms with Crippen molar-refractivity contribution in [3.63, 3.8) is 0 Å². The lowest BCUT2D eigenvalue weighted by molar-refractivity contribution is -0.137. The normalized spacial score (nSPS) is 12.6. The third-order valence-corrected chi connectivity index (χ3v) is 5.30. The number of halogens is 4. The van der Waals surface area contributed by atoms with Crippen molar-refractivity contribution in [2.75, 3.05) is 11.4 Å². The van der Waals surface area contributed by atoms with E-state index in [9.17, 15) is 27.5 Å². The fourth-order valence-electron chi connectivity index (χ4n) is 3.31. The van der Waals surface area contributed by atoms with Gasteiger partial charge in [-0.05, 0) is 53.4 Å². The van der Waals surface area contributed by atoms with Gasteiger partial charge >= 0.3 is 6.18 Å². The third-order valence-electron chi connectivity index (χ3n) is 5.30. The molecule has 3 rings (SSSR count). The second kappa shape index (κ2) is 10.1. The molecular formula is C25H24F4N2O2. The summed E-state index contributed by atoms with van der Waals surface area (Å²) in [7, 11) is 0. The summed E-state index contributed by atoms with van der Waals surface area (Å²) < 4.78 is 51.6. The molecule has 0 radical (unpaired) electrons. The minimum Gasteiger partial charge on any atom is -0.378 e. The van der Waals surface area contributed by atoms with Crippen LogP contribution in [0.25, 0.3) is 0 Å².